The Morgan fingerprint density at radius 3 is 2.57 bits per heavy atom. The summed E-state index contributed by atoms with van der Waals surface area (Å²) < 4.78 is 2.85. The number of para-hydroxylation sites is 1. The highest BCUT2D eigenvalue weighted by atomic mass is 35.5. The highest BCUT2D eigenvalue weighted by Crippen LogP contribution is 2.21. The normalized spacial score (nSPS) is 11.0. The number of aromatic nitrogens is 2. The number of rotatable bonds is 4. The van der Waals surface area contributed by atoms with E-state index in [2.05, 4.69) is 5.32 Å². The zero-order chi connectivity index (χ0) is 21.4. The molecule has 152 valence electrons. The molecule has 0 saturated carbocycles. The number of anilines is 1. The number of benzene rings is 2. The van der Waals surface area contributed by atoms with Crippen LogP contribution in [0, 0.1) is 13.8 Å². The van der Waals surface area contributed by atoms with E-state index in [-0.39, 0.29) is 6.54 Å². The minimum atomic E-state index is -0.566. The highest BCUT2D eigenvalue weighted by Gasteiger charge is 2.18. The number of nitrogens with zero attached hydrogens (tertiary/aromatic N) is 2. The molecule has 0 fully saturated rings. The third-order valence-electron chi connectivity index (χ3n) is 4.95. The molecule has 2 aromatic carbocycles. The number of carbonyl (C=O) groups is 1. The monoisotopic (exact) mass is 439 g/mol. The minimum Gasteiger partial charge on any atom is -0.323 e. The fourth-order valence-electron chi connectivity index (χ4n) is 3.23. The summed E-state index contributed by atoms with van der Waals surface area (Å²) in [7, 11) is 0. The molecule has 1 N–H and O–H groups in total. The Labute approximate surface area is 181 Å². The first-order valence-electron chi connectivity index (χ1n) is 9.22. The lowest BCUT2D eigenvalue weighted by Gasteiger charge is -2.13. The summed E-state index contributed by atoms with van der Waals surface area (Å²) in [5, 5.41) is 4.86. The fourth-order valence-corrected chi connectivity index (χ4v) is 4.24. The largest absolute Gasteiger partial charge is 0.336 e. The number of nitrogens with one attached hydrogen (secondary N) is 1. The molecule has 6 nitrogen and oxygen atoms in total. The summed E-state index contributed by atoms with van der Waals surface area (Å²) in [6, 6.07) is 13.9. The van der Waals surface area contributed by atoms with Crippen molar-refractivity contribution in [1.29, 1.82) is 0 Å². The van der Waals surface area contributed by atoms with Crippen molar-refractivity contribution in [1.82, 2.24) is 9.13 Å². The molecule has 30 heavy (non-hydrogen) atoms. The lowest BCUT2D eigenvalue weighted by molar-refractivity contribution is -0.116. The van der Waals surface area contributed by atoms with E-state index < -0.39 is 17.2 Å². The number of thiophene rings is 1. The molecule has 0 saturated heterocycles. The number of carbonyl (C=O) groups excluding carboxylic acids is 1. The first-order chi connectivity index (χ1) is 14.4. The molecule has 2 aromatic heterocycles. The molecule has 4 rings (SSSR count). The van der Waals surface area contributed by atoms with Crippen LogP contribution in [-0.2, 0) is 11.3 Å². The van der Waals surface area contributed by atoms with E-state index >= 15 is 0 Å². The first kappa shape index (κ1) is 20.1. The second-order valence-corrected chi connectivity index (χ2v) is 8.26. The molecule has 0 unspecified atom stereocenters. The van der Waals surface area contributed by atoms with E-state index in [0.29, 0.717) is 26.6 Å². The predicted octanol–water partition coefficient (Wildman–Crippen LogP) is 4.12. The molecular weight excluding hydrogens is 422 g/mol. The summed E-state index contributed by atoms with van der Waals surface area (Å²) in [5.41, 5.74) is 2.44. The Balaban J connectivity index is 1.82. The number of aryl methyl sites for hydroxylation is 2. The van der Waals surface area contributed by atoms with Crippen molar-refractivity contribution in [2.45, 2.75) is 20.4 Å². The molecule has 0 bridgehead atoms. The van der Waals surface area contributed by atoms with Crippen molar-refractivity contribution in [3.63, 3.8) is 0 Å². The van der Waals surface area contributed by atoms with Crippen LogP contribution >= 0.6 is 22.9 Å². The quantitative estimate of drug-likeness (QED) is 0.519. The Hall–Kier alpha value is -3.16. The van der Waals surface area contributed by atoms with Crippen molar-refractivity contribution in [2.75, 3.05) is 5.32 Å². The molecule has 0 spiro atoms. The van der Waals surface area contributed by atoms with Crippen LogP contribution in [0.4, 0.5) is 5.69 Å². The van der Waals surface area contributed by atoms with Gasteiger partial charge in [-0.3, -0.25) is 14.2 Å². The average Bonchev–Trinajstić information content (AvgIpc) is 3.20. The van der Waals surface area contributed by atoms with Gasteiger partial charge in [-0.1, -0.05) is 29.8 Å². The van der Waals surface area contributed by atoms with Crippen LogP contribution in [0.25, 0.3) is 15.9 Å². The van der Waals surface area contributed by atoms with Gasteiger partial charge < -0.3 is 5.32 Å². The van der Waals surface area contributed by atoms with Gasteiger partial charge in [-0.25, -0.2) is 9.36 Å². The van der Waals surface area contributed by atoms with Gasteiger partial charge in [0.15, 0.2) is 0 Å². The van der Waals surface area contributed by atoms with Crippen molar-refractivity contribution in [3.05, 3.63) is 90.9 Å². The Morgan fingerprint density at radius 2 is 1.83 bits per heavy atom. The number of fused-ring (bicyclic) bond motifs is 1. The molecule has 0 aliphatic heterocycles. The van der Waals surface area contributed by atoms with Crippen molar-refractivity contribution in [2.24, 2.45) is 0 Å². The number of hydrogen-bond donors (Lipinski definition) is 1. The van der Waals surface area contributed by atoms with Crippen molar-refractivity contribution in [3.8, 4) is 5.69 Å². The second kappa shape index (κ2) is 7.93. The van der Waals surface area contributed by atoms with E-state index in [1.54, 1.807) is 47.8 Å². The number of halogens is 1. The van der Waals surface area contributed by atoms with E-state index in [4.69, 9.17) is 11.6 Å². The summed E-state index contributed by atoms with van der Waals surface area (Å²) in [4.78, 5) is 39.0. The molecule has 2 heterocycles. The molecule has 0 atom stereocenters. The topological polar surface area (TPSA) is 73.1 Å². The second-order valence-electron chi connectivity index (χ2n) is 6.94. The average molecular weight is 440 g/mol. The number of amides is 1. The van der Waals surface area contributed by atoms with E-state index in [0.717, 1.165) is 15.7 Å². The van der Waals surface area contributed by atoms with E-state index in [9.17, 15) is 14.4 Å². The molecule has 4 aromatic rings. The highest BCUT2D eigenvalue weighted by molar-refractivity contribution is 7.17. The van der Waals surface area contributed by atoms with Gasteiger partial charge in [0.25, 0.3) is 5.56 Å². The van der Waals surface area contributed by atoms with Crippen LogP contribution in [0.15, 0.2) is 63.5 Å². The molecule has 0 radical (unpaired) electrons. The smallest absolute Gasteiger partial charge is 0.323 e. The Morgan fingerprint density at radius 1 is 1.07 bits per heavy atom. The standard InChI is InChI=1S/C22H18ClN3O3S/c1-13-7-8-15(11-14(13)2)26-21(28)20-18(9-10-30-20)25(22(26)29)12-19(27)24-17-6-4-3-5-16(17)23/h3-11H,12H2,1-2H3,(H,24,27). The Kier molecular flexibility index (Phi) is 5.32. The fraction of sp³-hybridized carbons (Fsp3) is 0.136. The maximum atomic E-state index is 13.3. The van der Waals surface area contributed by atoms with Gasteiger partial charge in [0.05, 0.1) is 21.9 Å². The lowest BCUT2D eigenvalue weighted by Crippen LogP contribution is -2.40. The molecule has 0 aliphatic carbocycles. The van der Waals surface area contributed by atoms with Crippen LogP contribution in [-0.4, -0.2) is 15.0 Å². The molecule has 1 amide bonds. The van der Waals surface area contributed by atoms with Gasteiger partial charge in [-0.2, -0.15) is 0 Å². The van der Waals surface area contributed by atoms with Gasteiger partial charge in [0.1, 0.15) is 11.2 Å². The van der Waals surface area contributed by atoms with Crippen molar-refractivity contribution >= 4 is 44.7 Å². The molecule has 0 aliphatic rings. The predicted molar refractivity (Wildman–Crippen MR) is 121 cm³/mol. The summed E-state index contributed by atoms with van der Waals surface area (Å²) in [6.45, 7) is 3.63. The summed E-state index contributed by atoms with van der Waals surface area (Å²) >= 11 is 7.35. The minimum absolute atomic E-state index is 0.248. The van der Waals surface area contributed by atoms with Crippen LogP contribution < -0.4 is 16.6 Å². The molecular formula is C22H18ClN3O3S. The first-order valence-corrected chi connectivity index (χ1v) is 10.5. The zero-order valence-corrected chi connectivity index (χ0v) is 17.9. The maximum absolute atomic E-state index is 13.3. The zero-order valence-electron chi connectivity index (χ0n) is 16.3. The Bertz CT molecular complexity index is 1400. The maximum Gasteiger partial charge on any atom is 0.336 e. The van der Waals surface area contributed by atoms with E-state index in [1.807, 2.05) is 19.9 Å². The van der Waals surface area contributed by atoms with Crippen LogP contribution in [0.3, 0.4) is 0 Å². The summed E-state index contributed by atoms with van der Waals surface area (Å²) in [6.07, 6.45) is 0. The van der Waals surface area contributed by atoms with Crippen LogP contribution in [0.1, 0.15) is 11.1 Å². The van der Waals surface area contributed by atoms with Crippen molar-refractivity contribution < 1.29 is 4.79 Å². The third kappa shape index (κ3) is 3.58. The van der Waals surface area contributed by atoms with Gasteiger partial charge in [0.2, 0.25) is 5.91 Å². The van der Waals surface area contributed by atoms with Gasteiger partial charge in [-0.05, 0) is 60.7 Å². The van der Waals surface area contributed by atoms with Gasteiger partial charge in [0, 0.05) is 0 Å². The third-order valence-corrected chi connectivity index (χ3v) is 6.17. The van der Waals surface area contributed by atoms with Crippen LogP contribution in [0.5, 0.6) is 0 Å². The number of hydrogen-bond acceptors (Lipinski definition) is 4. The lowest BCUT2D eigenvalue weighted by atomic mass is 10.1. The SMILES string of the molecule is Cc1ccc(-n2c(=O)c3sccc3n(CC(=O)Nc3ccccc3Cl)c2=O)cc1C. The molecule has 8 heteroatoms. The van der Waals surface area contributed by atoms with E-state index in [1.165, 1.54) is 15.9 Å². The summed E-state index contributed by atoms with van der Waals surface area (Å²) in [5.74, 6) is -0.414. The van der Waals surface area contributed by atoms with Crippen LogP contribution in [0.2, 0.25) is 5.02 Å². The van der Waals surface area contributed by atoms with Gasteiger partial charge >= 0.3 is 5.69 Å². The van der Waals surface area contributed by atoms with Gasteiger partial charge in [-0.15, -0.1) is 11.3 Å².